The van der Waals surface area contributed by atoms with E-state index in [1.54, 1.807) is 24.5 Å². The zero-order chi connectivity index (χ0) is 37.0. The Balaban J connectivity index is 0.991. The average Bonchev–Trinajstić information content (AvgIpc) is 3.19. The number of ether oxygens (including phenoxy) is 1. The summed E-state index contributed by atoms with van der Waals surface area (Å²) in [4.78, 5) is 49.6. The molecule has 0 aliphatic carbocycles. The summed E-state index contributed by atoms with van der Waals surface area (Å²) in [6, 6.07) is 23.2. The molecule has 13 heteroatoms. The highest BCUT2D eigenvalue weighted by molar-refractivity contribution is 5.80. The van der Waals surface area contributed by atoms with E-state index in [1.165, 1.54) is 10.9 Å². The minimum Gasteiger partial charge on any atom is -0.437 e. The van der Waals surface area contributed by atoms with Gasteiger partial charge in [-0.25, -0.2) is 15.0 Å². The van der Waals surface area contributed by atoms with Gasteiger partial charge in [0.05, 0.1) is 17.8 Å². The molecule has 13 nitrogen and oxygen atoms in total. The molecule has 1 amide bonds. The van der Waals surface area contributed by atoms with Crippen LogP contribution in [0.5, 0.6) is 11.6 Å². The fourth-order valence-corrected chi connectivity index (χ4v) is 7.29. The lowest BCUT2D eigenvalue weighted by Gasteiger charge is -2.43. The topological polar surface area (TPSA) is 179 Å². The van der Waals surface area contributed by atoms with E-state index in [0.717, 1.165) is 34.6 Å². The fraction of sp³-hybridized carbons (Fsp3) is 0.350. The van der Waals surface area contributed by atoms with Gasteiger partial charge in [-0.15, -0.1) is 0 Å². The minimum atomic E-state index is -1.21. The summed E-state index contributed by atoms with van der Waals surface area (Å²) in [6.07, 6.45) is 6.26. The predicted molar refractivity (Wildman–Crippen MR) is 201 cm³/mol. The van der Waals surface area contributed by atoms with Crippen LogP contribution in [0.4, 0.5) is 5.69 Å². The van der Waals surface area contributed by atoms with E-state index in [9.17, 15) is 14.7 Å². The van der Waals surface area contributed by atoms with E-state index in [0.29, 0.717) is 63.6 Å². The van der Waals surface area contributed by atoms with Gasteiger partial charge in [0.1, 0.15) is 12.1 Å². The maximum absolute atomic E-state index is 14.2. The molecule has 3 aromatic heterocycles. The second-order valence-corrected chi connectivity index (χ2v) is 14.1. The third-order valence-electron chi connectivity index (χ3n) is 10.4. The highest BCUT2D eigenvalue weighted by Gasteiger charge is 2.41. The van der Waals surface area contributed by atoms with Crippen LogP contribution in [-0.4, -0.2) is 77.1 Å². The molecule has 0 radical (unpaired) electrons. The Kier molecular flexibility index (Phi) is 10.6. The lowest BCUT2D eigenvalue weighted by atomic mass is 9.79. The molecule has 53 heavy (non-hydrogen) atoms. The van der Waals surface area contributed by atoms with Crippen LogP contribution in [0.1, 0.15) is 47.7 Å². The van der Waals surface area contributed by atoms with Crippen molar-refractivity contribution in [1.82, 2.24) is 34.3 Å². The maximum atomic E-state index is 14.2. The highest BCUT2D eigenvalue weighted by Crippen LogP contribution is 2.36. The first-order chi connectivity index (χ1) is 25.7. The van der Waals surface area contributed by atoms with Crippen LogP contribution in [0.3, 0.4) is 0 Å². The summed E-state index contributed by atoms with van der Waals surface area (Å²) in [7, 11) is 0. The molecular weight excluding hydrogens is 670 g/mol. The van der Waals surface area contributed by atoms with Gasteiger partial charge in [-0.3, -0.25) is 24.0 Å². The Hall–Kier alpha value is -5.50. The highest BCUT2D eigenvalue weighted by atomic mass is 16.5. The summed E-state index contributed by atoms with van der Waals surface area (Å²) >= 11 is 0. The molecule has 2 saturated heterocycles. The number of carbonyl (C=O) groups is 1. The zero-order valence-corrected chi connectivity index (χ0v) is 29.8. The van der Waals surface area contributed by atoms with Gasteiger partial charge >= 0.3 is 0 Å². The van der Waals surface area contributed by atoms with Crippen molar-refractivity contribution in [2.24, 2.45) is 11.7 Å². The van der Waals surface area contributed by atoms with Crippen LogP contribution < -0.4 is 21.8 Å². The fourth-order valence-electron chi connectivity index (χ4n) is 7.29. The summed E-state index contributed by atoms with van der Waals surface area (Å²) in [5, 5.41) is 11.6. The molecule has 2 atom stereocenters. The molecule has 2 fully saturated rings. The Morgan fingerprint density at radius 2 is 1.75 bits per heavy atom. The third kappa shape index (κ3) is 8.27. The van der Waals surface area contributed by atoms with Crippen molar-refractivity contribution in [3.8, 4) is 23.0 Å². The molecule has 2 aromatic carbocycles. The molecule has 0 bridgehead atoms. The predicted octanol–water partition coefficient (Wildman–Crippen LogP) is 3.90. The van der Waals surface area contributed by atoms with Gasteiger partial charge < -0.3 is 26.2 Å². The molecule has 2 aliphatic heterocycles. The number of aliphatic hydroxyl groups is 1. The number of nitrogens with two attached hydrogens (primary N) is 2. The molecule has 5 N–H and O–H groups in total. The number of aromatic nitrogens is 5. The molecule has 274 valence electrons. The van der Waals surface area contributed by atoms with Crippen molar-refractivity contribution in [3.05, 3.63) is 124 Å². The number of nitrogens with zero attached hydrogens (tertiary/aromatic N) is 7. The molecular formula is C40H45N9O4. The first-order valence-electron chi connectivity index (χ1n) is 18.0. The number of hydrogen-bond acceptors (Lipinski definition) is 11. The van der Waals surface area contributed by atoms with Crippen LogP contribution in [0.25, 0.3) is 11.4 Å². The smallest absolute Gasteiger partial charge is 0.280 e. The van der Waals surface area contributed by atoms with Gasteiger partial charge in [0, 0.05) is 68.2 Å². The summed E-state index contributed by atoms with van der Waals surface area (Å²) < 4.78 is 7.07. The number of piperidine rings is 2. The molecule has 5 heterocycles. The second kappa shape index (κ2) is 15.6. The molecule has 5 aromatic rings. The SMILES string of the molecule is Cc1ccc(-c2nccc(CN3CC[C@@H](C(=O)N4CCC(O)(Cn5cnc(Oc6ccc(CN)cc6)c(N)c5=O)CC4)[C@H](c4ccccc4)C3)n2)cn1. The molecule has 2 aliphatic rings. The Bertz CT molecular complexity index is 2080. The lowest BCUT2D eigenvalue weighted by Crippen LogP contribution is -2.53. The minimum absolute atomic E-state index is 0.000221. The zero-order valence-electron chi connectivity index (χ0n) is 29.8. The number of carbonyl (C=O) groups excluding carboxylic acids is 1. The van der Waals surface area contributed by atoms with Crippen LogP contribution in [0, 0.1) is 12.8 Å². The van der Waals surface area contributed by atoms with Gasteiger partial charge in [0.25, 0.3) is 5.56 Å². The van der Waals surface area contributed by atoms with Gasteiger partial charge in [0.2, 0.25) is 11.8 Å². The molecule has 0 unspecified atom stereocenters. The Morgan fingerprint density at radius 1 is 0.981 bits per heavy atom. The van der Waals surface area contributed by atoms with Crippen LogP contribution in [0.15, 0.2) is 96.3 Å². The number of likely N-dealkylation sites (tertiary alicyclic amines) is 2. The second-order valence-electron chi connectivity index (χ2n) is 14.1. The van der Waals surface area contributed by atoms with Crippen LogP contribution in [-0.2, 0) is 24.4 Å². The third-order valence-corrected chi connectivity index (χ3v) is 10.4. The number of amides is 1. The monoisotopic (exact) mass is 715 g/mol. The standard InChI is InChI=1S/C40H45N9O4/c1-27-7-10-30(22-44-27)36-43-17-13-31(46-36)23-47-18-14-33(34(24-47)29-5-3-2-4-6-29)38(50)48-19-15-40(52,16-20-48)25-49-26-45-37(35(42)39(49)51)53-32-11-8-28(21-41)9-12-32/h2-13,17,22,26,33-34,52H,14-16,18-21,23-25,41-42H2,1H3/t33-,34+/m1/s1. The molecule has 0 spiro atoms. The Morgan fingerprint density at radius 3 is 2.47 bits per heavy atom. The van der Waals surface area contributed by atoms with Crippen molar-refractivity contribution in [1.29, 1.82) is 0 Å². The first kappa shape index (κ1) is 35.9. The van der Waals surface area contributed by atoms with Crippen molar-refractivity contribution >= 4 is 11.6 Å². The largest absolute Gasteiger partial charge is 0.437 e. The van der Waals surface area contributed by atoms with Gasteiger partial charge in [-0.05, 0) is 74.2 Å². The van der Waals surface area contributed by atoms with E-state index in [2.05, 4.69) is 32.0 Å². The van der Waals surface area contributed by atoms with Gasteiger partial charge in [-0.2, -0.15) is 0 Å². The van der Waals surface area contributed by atoms with Crippen LogP contribution >= 0.6 is 0 Å². The number of anilines is 1. The van der Waals surface area contributed by atoms with Crippen molar-refractivity contribution in [2.75, 3.05) is 31.9 Å². The van der Waals surface area contributed by atoms with Gasteiger partial charge in [-0.1, -0.05) is 42.5 Å². The lowest BCUT2D eigenvalue weighted by molar-refractivity contribution is -0.142. The van der Waals surface area contributed by atoms with E-state index < -0.39 is 11.2 Å². The summed E-state index contributed by atoms with van der Waals surface area (Å²) in [5.74, 6) is 1.01. The van der Waals surface area contributed by atoms with E-state index in [1.807, 2.05) is 60.4 Å². The van der Waals surface area contributed by atoms with E-state index in [-0.39, 0.29) is 35.9 Å². The van der Waals surface area contributed by atoms with E-state index in [4.69, 9.17) is 21.2 Å². The average molecular weight is 716 g/mol. The Labute approximate surface area is 308 Å². The van der Waals surface area contributed by atoms with E-state index >= 15 is 0 Å². The van der Waals surface area contributed by atoms with Crippen molar-refractivity contribution in [3.63, 3.8) is 0 Å². The number of pyridine rings is 1. The molecule has 0 saturated carbocycles. The summed E-state index contributed by atoms with van der Waals surface area (Å²) in [6.45, 7) is 5.22. The number of nitrogen functional groups attached to an aromatic ring is 1. The maximum Gasteiger partial charge on any atom is 0.280 e. The molecule has 7 rings (SSSR count). The number of aryl methyl sites for hydroxylation is 1. The number of benzene rings is 2. The van der Waals surface area contributed by atoms with Crippen molar-refractivity contribution in [2.45, 2.75) is 57.3 Å². The number of hydrogen-bond donors (Lipinski definition) is 3. The normalized spacial score (nSPS) is 18.8. The van der Waals surface area contributed by atoms with Gasteiger partial charge in [0.15, 0.2) is 11.5 Å². The van der Waals surface area contributed by atoms with Crippen LogP contribution in [0.2, 0.25) is 0 Å². The first-order valence-corrected chi connectivity index (χ1v) is 18.0. The number of rotatable bonds is 10. The van der Waals surface area contributed by atoms with Crippen molar-refractivity contribution < 1.29 is 14.6 Å². The summed E-state index contributed by atoms with van der Waals surface area (Å²) in [5.41, 5.74) is 14.8. The quantitative estimate of drug-likeness (QED) is 0.191.